The van der Waals surface area contributed by atoms with Gasteiger partial charge in [0.15, 0.2) is 5.13 Å². The molecule has 2 heterocycles. The quantitative estimate of drug-likeness (QED) is 0.885. The van der Waals surface area contributed by atoms with Gasteiger partial charge in [-0.3, -0.25) is 4.79 Å². The van der Waals surface area contributed by atoms with E-state index >= 15 is 0 Å². The van der Waals surface area contributed by atoms with Crippen LogP contribution < -0.4 is 5.32 Å². The molecule has 5 nitrogen and oxygen atoms in total. The van der Waals surface area contributed by atoms with Crippen LogP contribution in [0.15, 0.2) is 16.0 Å². The van der Waals surface area contributed by atoms with Crippen molar-refractivity contribution in [2.24, 2.45) is 0 Å². The van der Waals surface area contributed by atoms with Crippen molar-refractivity contribution < 1.29 is 9.32 Å². The lowest BCUT2D eigenvalue weighted by Crippen LogP contribution is -2.14. The highest BCUT2D eigenvalue weighted by Crippen LogP contribution is 2.14. The molecular weight excluding hydrogens is 226 g/mol. The third-order valence-corrected chi connectivity index (χ3v) is 2.76. The standard InChI is InChI=1S/C10H11N3O2S/c1-6-5-16-10(11-6)12-9(14)4-8-3-7(2)15-13-8/h3,5H,4H2,1-2H3,(H,11,12,14). The lowest BCUT2D eigenvalue weighted by molar-refractivity contribution is -0.115. The van der Waals surface area contributed by atoms with E-state index in [1.807, 2.05) is 12.3 Å². The maximum Gasteiger partial charge on any atom is 0.232 e. The number of amides is 1. The molecule has 0 aliphatic heterocycles. The second kappa shape index (κ2) is 4.44. The number of carbonyl (C=O) groups is 1. The number of thiazole rings is 1. The van der Waals surface area contributed by atoms with Crippen LogP contribution in [-0.4, -0.2) is 16.0 Å². The van der Waals surface area contributed by atoms with Gasteiger partial charge in [0.2, 0.25) is 5.91 Å². The predicted molar refractivity (Wildman–Crippen MR) is 60.4 cm³/mol. The molecule has 0 fully saturated rings. The number of rotatable bonds is 3. The molecule has 0 saturated heterocycles. The Morgan fingerprint density at radius 1 is 1.56 bits per heavy atom. The summed E-state index contributed by atoms with van der Waals surface area (Å²) in [4.78, 5) is 15.7. The number of aryl methyl sites for hydroxylation is 2. The summed E-state index contributed by atoms with van der Waals surface area (Å²) in [5.74, 6) is 0.565. The number of carbonyl (C=O) groups excluding carboxylic acids is 1. The Kier molecular flexibility index (Phi) is 3.00. The molecule has 0 saturated carbocycles. The maximum atomic E-state index is 11.6. The summed E-state index contributed by atoms with van der Waals surface area (Å²) in [5, 5.41) is 8.96. The first kappa shape index (κ1) is 10.8. The van der Waals surface area contributed by atoms with Crippen LogP contribution in [0.4, 0.5) is 5.13 Å². The monoisotopic (exact) mass is 237 g/mol. The predicted octanol–water partition coefficient (Wildman–Crippen LogP) is 1.93. The summed E-state index contributed by atoms with van der Waals surface area (Å²) in [6.45, 7) is 3.67. The highest BCUT2D eigenvalue weighted by Gasteiger charge is 2.09. The fourth-order valence-corrected chi connectivity index (χ4v) is 1.94. The molecule has 0 aliphatic carbocycles. The van der Waals surface area contributed by atoms with Crippen molar-refractivity contribution in [3.63, 3.8) is 0 Å². The smallest absolute Gasteiger partial charge is 0.232 e. The van der Waals surface area contributed by atoms with E-state index in [0.717, 1.165) is 5.69 Å². The van der Waals surface area contributed by atoms with Crippen LogP contribution in [0.25, 0.3) is 0 Å². The molecule has 2 aromatic heterocycles. The number of anilines is 1. The first-order chi connectivity index (χ1) is 7.63. The summed E-state index contributed by atoms with van der Waals surface area (Å²) in [7, 11) is 0. The van der Waals surface area contributed by atoms with Crippen LogP contribution >= 0.6 is 11.3 Å². The van der Waals surface area contributed by atoms with Gasteiger partial charge in [0.1, 0.15) is 5.76 Å². The molecule has 0 unspecified atom stereocenters. The lowest BCUT2D eigenvalue weighted by Gasteiger charge is -1.97. The van der Waals surface area contributed by atoms with Crippen LogP contribution in [0.5, 0.6) is 0 Å². The summed E-state index contributed by atoms with van der Waals surface area (Å²) in [6.07, 6.45) is 0.204. The van der Waals surface area contributed by atoms with E-state index in [1.54, 1.807) is 13.0 Å². The van der Waals surface area contributed by atoms with Crippen molar-refractivity contribution in [2.45, 2.75) is 20.3 Å². The van der Waals surface area contributed by atoms with Gasteiger partial charge in [-0.2, -0.15) is 0 Å². The van der Waals surface area contributed by atoms with Crippen molar-refractivity contribution in [2.75, 3.05) is 5.32 Å². The van der Waals surface area contributed by atoms with Gasteiger partial charge in [0.25, 0.3) is 0 Å². The van der Waals surface area contributed by atoms with Crippen LogP contribution in [0.1, 0.15) is 17.1 Å². The molecule has 1 N–H and O–H groups in total. The van der Waals surface area contributed by atoms with E-state index in [4.69, 9.17) is 4.52 Å². The minimum Gasteiger partial charge on any atom is -0.361 e. The summed E-state index contributed by atoms with van der Waals surface area (Å²) < 4.78 is 4.88. The number of hydrogen-bond donors (Lipinski definition) is 1. The van der Waals surface area contributed by atoms with Gasteiger partial charge in [-0.15, -0.1) is 11.3 Å². The molecule has 0 spiro atoms. The van der Waals surface area contributed by atoms with Gasteiger partial charge >= 0.3 is 0 Å². The highest BCUT2D eigenvalue weighted by atomic mass is 32.1. The third-order valence-electron chi connectivity index (χ3n) is 1.88. The van der Waals surface area contributed by atoms with Gasteiger partial charge in [-0.05, 0) is 13.8 Å². The highest BCUT2D eigenvalue weighted by molar-refractivity contribution is 7.13. The van der Waals surface area contributed by atoms with Gasteiger partial charge < -0.3 is 9.84 Å². The van der Waals surface area contributed by atoms with Gasteiger partial charge in [-0.1, -0.05) is 5.16 Å². The first-order valence-electron chi connectivity index (χ1n) is 4.77. The molecule has 16 heavy (non-hydrogen) atoms. The largest absolute Gasteiger partial charge is 0.361 e. The van der Waals surface area contributed by atoms with Crippen LogP contribution in [0.3, 0.4) is 0 Å². The van der Waals surface area contributed by atoms with Crippen LogP contribution in [-0.2, 0) is 11.2 Å². The minimum absolute atomic E-state index is 0.136. The Morgan fingerprint density at radius 2 is 2.38 bits per heavy atom. The molecule has 0 radical (unpaired) electrons. The molecule has 1 amide bonds. The Morgan fingerprint density at radius 3 is 2.94 bits per heavy atom. The van der Waals surface area contributed by atoms with Crippen LogP contribution in [0.2, 0.25) is 0 Å². The van der Waals surface area contributed by atoms with E-state index in [0.29, 0.717) is 16.6 Å². The Labute approximate surface area is 96.5 Å². The average Bonchev–Trinajstić information content (AvgIpc) is 2.76. The van der Waals surface area contributed by atoms with Crippen molar-refractivity contribution in [1.82, 2.24) is 10.1 Å². The fourth-order valence-electron chi connectivity index (χ4n) is 1.24. The van der Waals surface area contributed by atoms with Crippen molar-refractivity contribution in [3.05, 3.63) is 28.6 Å². The Bertz CT molecular complexity index is 459. The van der Waals surface area contributed by atoms with E-state index in [1.165, 1.54) is 11.3 Å². The van der Waals surface area contributed by atoms with Crippen molar-refractivity contribution in [3.8, 4) is 0 Å². The topological polar surface area (TPSA) is 68.0 Å². The zero-order chi connectivity index (χ0) is 11.5. The zero-order valence-corrected chi connectivity index (χ0v) is 9.80. The van der Waals surface area contributed by atoms with E-state index in [-0.39, 0.29) is 12.3 Å². The molecule has 2 aromatic rings. The van der Waals surface area contributed by atoms with E-state index in [9.17, 15) is 4.79 Å². The lowest BCUT2D eigenvalue weighted by atomic mass is 10.3. The van der Waals surface area contributed by atoms with Gasteiger partial charge in [0, 0.05) is 11.4 Å². The summed E-state index contributed by atoms with van der Waals surface area (Å²) >= 11 is 1.41. The number of aromatic nitrogens is 2. The second-order valence-electron chi connectivity index (χ2n) is 3.45. The number of nitrogens with one attached hydrogen (secondary N) is 1. The minimum atomic E-state index is -0.136. The number of hydrogen-bond acceptors (Lipinski definition) is 5. The first-order valence-corrected chi connectivity index (χ1v) is 5.65. The van der Waals surface area contributed by atoms with Crippen molar-refractivity contribution in [1.29, 1.82) is 0 Å². The fraction of sp³-hybridized carbons (Fsp3) is 0.300. The maximum absolute atomic E-state index is 11.6. The third kappa shape index (κ3) is 2.66. The molecular formula is C10H11N3O2S. The summed E-state index contributed by atoms with van der Waals surface area (Å²) in [5.41, 5.74) is 1.53. The summed E-state index contributed by atoms with van der Waals surface area (Å²) in [6, 6.07) is 1.74. The van der Waals surface area contributed by atoms with Gasteiger partial charge in [0.05, 0.1) is 17.8 Å². The molecule has 0 aliphatic rings. The average molecular weight is 237 g/mol. The van der Waals surface area contributed by atoms with Crippen LogP contribution in [0, 0.1) is 13.8 Å². The molecule has 0 atom stereocenters. The second-order valence-corrected chi connectivity index (χ2v) is 4.31. The number of nitrogens with zero attached hydrogens (tertiary/aromatic N) is 2. The molecule has 84 valence electrons. The SMILES string of the molecule is Cc1csc(NC(=O)Cc2cc(C)on2)n1. The molecule has 6 heteroatoms. The van der Waals surface area contributed by atoms with E-state index in [2.05, 4.69) is 15.5 Å². The van der Waals surface area contributed by atoms with E-state index < -0.39 is 0 Å². The molecule has 2 rings (SSSR count). The normalized spacial score (nSPS) is 10.4. The molecule has 0 bridgehead atoms. The van der Waals surface area contributed by atoms with Crippen molar-refractivity contribution >= 4 is 22.4 Å². The Balaban J connectivity index is 1.94. The Hall–Kier alpha value is -1.69. The molecule has 0 aromatic carbocycles. The zero-order valence-electron chi connectivity index (χ0n) is 8.98. The van der Waals surface area contributed by atoms with Gasteiger partial charge in [-0.25, -0.2) is 4.98 Å².